The number of aromatic nitrogens is 2. The van der Waals surface area contributed by atoms with Gasteiger partial charge in [-0.1, -0.05) is 6.07 Å². The summed E-state index contributed by atoms with van der Waals surface area (Å²) in [5, 5.41) is 7.30. The Morgan fingerprint density at radius 1 is 1.33 bits per heavy atom. The van der Waals surface area contributed by atoms with Crippen LogP contribution in [0.25, 0.3) is 0 Å². The quantitative estimate of drug-likeness (QED) is 0.629. The van der Waals surface area contributed by atoms with E-state index in [4.69, 9.17) is 11.1 Å². The standard InChI is InChI=1S/C13H12N4O/c1-8-2-3-11(17-7-8)12(18)9-4-5-16-13(15)10(9)6-14/h2-7,14H,1H3,(H2,15,16). The van der Waals surface area contributed by atoms with Crippen LogP contribution in [0.4, 0.5) is 5.82 Å². The number of carbonyl (C=O) groups excluding carboxylic acids is 1. The number of rotatable bonds is 3. The van der Waals surface area contributed by atoms with Gasteiger partial charge in [0.1, 0.15) is 11.5 Å². The van der Waals surface area contributed by atoms with Crippen LogP contribution in [0.5, 0.6) is 0 Å². The molecule has 5 nitrogen and oxygen atoms in total. The molecule has 0 aliphatic heterocycles. The highest BCUT2D eigenvalue weighted by atomic mass is 16.1. The molecule has 3 N–H and O–H groups in total. The highest BCUT2D eigenvalue weighted by Gasteiger charge is 2.15. The van der Waals surface area contributed by atoms with E-state index in [-0.39, 0.29) is 11.6 Å². The first kappa shape index (κ1) is 11.9. The predicted molar refractivity (Wildman–Crippen MR) is 68.9 cm³/mol. The lowest BCUT2D eigenvalue weighted by atomic mass is 10.0. The molecule has 0 aliphatic rings. The maximum Gasteiger partial charge on any atom is 0.212 e. The van der Waals surface area contributed by atoms with E-state index in [9.17, 15) is 4.79 Å². The Kier molecular flexibility index (Phi) is 3.14. The molecule has 0 atom stereocenters. The van der Waals surface area contributed by atoms with Crippen molar-refractivity contribution >= 4 is 17.8 Å². The van der Waals surface area contributed by atoms with E-state index in [1.807, 2.05) is 13.0 Å². The second kappa shape index (κ2) is 4.75. The molecule has 0 fully saturated rings. The smallest absolute Gasteiger partial charge is 0.212 e. The number of nitrogens with two attached hydrogens (primary N) is 1. The molecule has 0 radical (unpaired) electrons. The molecule has 0 unspecified atom stereocenters. The zero-order valence-electron chi connectivity index (χ0n) is 9.84. The van der Waals surface area contributed by atoms with Gasteiger partial charge >= 0.3 is 0 Å². The Balaban J connectivity index is 2.49. The first-order chi connectivity index (χ1) is 8.63. The summed E-state index contributed by atoms with van der Waals surface area (Å²) in [5.41, 5.74) is 7.61. The van der Waals surface area contributed by atoms with E-state index in [2.05, 4.69) is 9.97 Å². The van der Waals surface area contributed by atoms with Gasteiger partial charge in [0.25, 0.3) is 0 Å². The Labute approximate surface area is 104 Å². The van der Waals surface area contributed by atoms with Gasteiger partial charge in [-0.3, -0.25) is 9.78 Å². The minimum atomic E-state index is -0.261. The molecule has 0 saturated carbocycles. The number of ketones is 1. The van der Waals surface area contributed by atoms with E-state index in [0.717, 1.165) is 11.8 Å². The summed E-state index contributed by atoms with van der Waals surface area (Å²) in [7, 11) is 0. The van der Waals surface area contributed by atoms with Gasteiger partial charge in [-0.2, -0.15) is 0 Å². The van der Waals surface area contributed by atoms with Gasteiger partial charge in [-0.15, -0.1) is 0 Å². The average Bonchev–Trinajstić information content (AvgIpc) is 2.38. The number of nitrogens with one attached hydrogen (secondary N) is 1. The molecular weight excluding hydrogens is 228 g/mol. The van der Waals surface area contributed by atoms with Gasteiger partial charge in [0, 0.05) is 29.7 Å². The number of carbonyl (C=O) groups is 1. The van der Waals surface area contributed by atoms with Gasteiger partial charge in [-0.25, -0.2) is 4.98 Å². The summed E-state index contributed by atoms with van der Waals surface area (Å²) in [6.07, 6.45) is 4.11. The van der Waals surface area contributed by atoms with E-state index in [1.165, 1.54) is 6.20 Å². The Morgan fingerprint density at radius 3 is 2.72 bits per heavy atom. The van der Waals surface area contributed by atoms with Crippen LogP contribution in [0, 0.1) is 12.3 Å². The zero-order valence-corrected chi connectivity index (χ0v) is 9.84. The van der Waals surface area contributed by atoms with Crippen LogP contribution in [0.2, 0.25) is 0 Å². The first-order valence-electron chi connectivity index (χ1n) is 5.36. The normalized spacial score (nSPS) is 10.1. The Bertz CT molecular complexity index is 605. The highest BCUT2D eigenvalue weighted by Crippen LogP contribution is 2.15. The molecular formula is C13H12N4O. The van der Waals surface area contributed by atoms with Crippen LogP contribution in [0.15, 0.2) is 30.6 Å². The predicted octanol–water partition coefficient (Wildman–Crippen LogP) is 1.60. The Morgan fingerprint density at radius 2 is 2.11 bits per heavy atom. The summed E-state index contributed by atoms with van der Waals surface area (Å²) < 4.78 is 0. The molecule has 2 aromatic heterocycles. The fraction of sp³-hybridized carbons (Fsp3) is 0.0769. The van der Waals surface area contributed by atoms with E-state index >= 15 is 0 Å². The largest absolute Gasteiger partial charge is 0.383 e. The summed E-state index contributed by atoms with van der Waals surface area (Å²) >= 11 is 0. The SMILES string of the molecule is Cc1ccc(C(=O)c2ccnc(N)c2C=N)nc1. The van der Waals surface area contributed by atoms with Crippen molar-refractivity contribution in [3.8, 4) is 0 Å². The molecule has 0 aromatic carbocycles. The molecule has 2 rings (SSSR count). The number of anilines is 1. The van der Waals surface area contributed by atoms with Gasteiger partial charge in [0.05, 0.1) is 0 Å². The highest BCUT2D eigenvalue weighted by molar-refractivity contribution is 6.13. The van der Waals surface area contributed by atoms with Crippen molar-refractivity contribution < 1.29 is 4.79 Å². The molecule has 0 aliphatic carbocycles. The molecule has 0 amide bonds. The van der Waals surface area contributed by atoms with Crippen molar-refractivity contribution in [1.29, 1.82) is 5.41 Å². The number of hydrogen-bond acceptors (Lipinski definition) is 5. The Hall–Kier alpha value is -2.56. The molecule has 0 saturated heterocycles. The lowest BCUT2D eigenvalue weighted by Crippen LogP contribution is -2.10. The van der Waals surface area contributed by atoms with Gasteiger partial charge < -0.3 is 11.1 Å². The summed E-state index contributed by atoms with van der Waals surface area (Å²) in [6, 6.07) is 5.01. The number of hydrogen-bond donors (Lipinski definition) is 2. The summed E-state index contributed by atoms with van der Waals surface area (Å²) in [4.78, 5) is 20.2. The van der Waals surface area contributed by atoms with Crippen molar-refractivity contribution in [2.24, 2.45) is 0 Å². The second-order valence-electron chi connectivity index (χ2n) is 3.85. The summed E-state index contributed by atoms with van der Waals surface area (Å²) in [5.74, 6) is -0.0921. The molecule has 2 aromatic rings. The van der Waals surface area contributed by atoms with Crippen LogP contribution in [0.1, 0.15) is 27.2 Å². The molecule has 0 spiro atoms. The first-order valence-corrected chi connectivity index (χ1v) is 5.36. The van der Waals surface area contributed by atoms with Gasteiger partial charge in [0.2, 0.25) is 5.78 Å². The lowest BCUT2D eigenvalue weighted by molar-refractivity contribution is 0.103. The van der Waals surface area contributed by atoms with Crippen LogP contribution >= 0.6 is 0 Å². The molecule has 18 heavy (non-hydrogen) atoms. The van der Waals surface area contributed by atoms with E-state index < -0.39 is 0 Å². The maximum atomic E-state index is 12.2. The van der Waals surface area contributed by atoms with Crippen molar-refractivity contribution in [3.63, 3.8) is 0 Å². The van der Waals surface area contributed by atoms with Crippen molar-refractivity contribution in [1.82, 2.24) is 9.97 Å². The van der Waals surface area contributed by atoms with Crippen LogP contribution in [0.3, 0.4) is 0 Å². The van der Waals surface area contributed by atoms with Gasteiger partial charge in [0.15, 0.2) is 0 Å². The van der Waals surface area contributed by atoms with Crippen LogP contribution < -0.4 is 5.73 Å². The monoisotopic (exact) mass is 240 g/mol. The number of aryl methyl sites for hydroxylation is 1. The average molecular weight is 240 g/mol. The van der Waals surface area contributed by atoms with Crippen LogP contribution in [-0.4, -0.2) is 22.0 Å². The van der Waals surface area contributed by atoms with Crippen molar-refractivity contribution in [3.05, 3.63) is 53.0 Å². The molecule has 5 heteroatoms. The van der Waals surface area contributed by atoms with Crippen molar-refractivity contribution in [2.45, 2.75) is 6.92 Å². The fourth-order valence-corrected chi connectivity index (χ4v) is 1.58. The summed E-state index contributed by atoms with van der Waals surface area (Å²) in [6.45, 7) is 1.90. The minimum Gasteiger partial charge on any atom is -0.383 e. The maximum absolute atomic E-state index is 12.2. The van der Waals surface area contributed by atoms with E-state index in [0.29, 0.717) is 16.8 Å². The third-order valence-corrected chi connectivity index (χ3v) is 2.55. The number of nitrogen functional groups attached to an aromatic ring is 1. The third kappa shape index (κ3) is 2.10. The van der Waals surface area contributed by atoms with E-state index in [1.54, 1.807) is 18.3 Å². The molecule has 2 heterocycles. The number of pyridine rings is 2. The number of nitrogens with zero attached hydrogens (tertiary/aromatic N) is 2. The molecule has 0 bridgehead atoms. The second-order valence-corrected chi connectivity index (χ2v) is 3.85. The van der Waals surface area contributed by atoms with Crippen LogP contribution in [-0.2, 0) is 0 Å². The van der Waals surface area contributed by atoms with Crippen molar-refractivity contribution in [2.75, 3.05) is 5.73 Å². The minimum absolute atomic E-state index is 0.169. The zero-order chi connectivity index (χ0) is 13.1. The third-order valence-electron chi connectivity index (χ3n) is 2.55. The van der Waals surface area contributed by atoms with Gasteiger partial charge in [-0.05, 0) is 24.6 Å². The topological polar surface area (TPSA) is 92.7 Å². The fourth-order valence-electron chi connectivity index (χ4n) is 1.58. The lowest BCUT2D eigenvalue weighted by Gasteiger charge is -2.06. The molecule has 90 valence electrons.